The summed E-state index contributed by atoms with van der Waals surface area (Å²) < 4.78 is 4.85. The number of carbonyl (C=O) groups excluding carboxylic acids is 2. The van der Waals surface area contributed by atoms with E-state index in [1.807, 2.05) is 0 Å². The third kappa shape index (κ3) is 6.64. The molecule has 0 bridgehead atoms. The Balaban J connectivity index is 2.26. The largest absolute Gasteiger partial charge is 0.375 e. The van der Waals surface area contributed by atoms with Crippen LogP contribution < -0.4 is 5.32 Å². The average molecular weight is 313 g/mol. The average Bonchev–Trinajstić information content (AvgIpc) is 2.47. The summed E-state index contributed by atoms with van der Waals surface area (Å²) in [4.78, 5) is 27.4. The summed E-state index contributed by atoms with van der Waals surface area (Å²) in [5.41, 5.74) is 0. The predicted octanol–water partition coefficient (Wildman–Crippen LogP) is 1.70. The number of amides is 3. The third-order valence-electron chi connectivity index (χ3n) is 3.98. The fourth-order valence-electron chi connectivity index (χ4n) is 2.58. The molecule has 0 aromatic carbocycles. The van der Waals surface area contributed by atoms with Gasteiger partial charge in [-0.2, -0.15) is 0 Å². The molecular formula is C16H31N3O3. The monoisotopic (exact) mass is 313 g/mol. The molecule has 22 heavy (non-hydrogen) atoms. The fourth-order valence-corrected chi connectivity index (χ4v) is 2.58. The second-order valence-electron chi connectivity index (χ2n) is 6.48. The van der Waals surface area contributed by atoms with E-state index < -0.39 is 0 Å². The first-order chi connectivity index (χ1) is 10.4. The van der Waals surface area contributed by atoms with Crippen molar-refractivity contribution in [3.63, 3.8) is 0 Å². The Bertz CT molecular complexity index is 353. The lowest BCUT2D eigenvalue weighted by Gasteiger charge is -2.35. The Labute approximate surface area is 134 Å². The summed E-state index contributed by atoms with van der Waals surface area (Å²) >= 11 is 0. The van der Waals surface area contributed by atoms with E-state index in [9.17, 15) is 9.59 Å². The van der Waals surface area contributed by atoms with Gasteiger partial charge in [-0.1, -0.05) is 26.7 Å². The van der Waals surface area contributed by atoms with Crippen LogP contribution in [0.5, 0.6) is 0 Å². The van der Waals surface area contributed by atoms with Gasteiger partial charge >= 0.3 is 6.03 Å². The highest BCUT2D eigenvalue weighted by molar-refractivity contribution is 5.78. The molecule has 1 atom stereocenters. The maximum absolute atomic E-state index is 12.2. The van der Waals surface area contributed by atoms with Gasteiger partial charge in [0.1, 0.15) is 6.61 Å². The second kappa shape index (κ2) is 9.66. The number of methoxy groups -OCH3 is 1. The Kier molecular flexibility index (Phi) is 8.24. The summed E-state index contributed by atoms with van der Waals surface area (Å²) in [6.45, 7) is 8.92. The fraction of sp³-hybridized carbons (Fsp3) is 0.875. The Hall–Kier alpha value is -1.30. The van der Waals surface area contributed by atoms with Gasteiger partial charge in [-0.3, -0.25) is 4.79 Å². The smallest absolute Gasteiger partial charge is 0.317 e. The Morgan fingerprint density at radius 3 is 2.18 bits per heavy atom. The molecule has 1 aliphatic rings. The Morgan fingerprint density at radius 1 is 1.05 bits per heavy atom. The van der Waals surface area contributed by atoms with Crippen LogP contribution in [-0.4, -0.2) is 67.7 Å². The zero-order chi connectivity index (χ0) is 16.5. The van der Waals surface area contributed by atoms with Crippen LogP contribution in [0.1, 0.15) is 40.0 Å². The van der Waals surface area contributed by atoms with Crippen LogP contribution in [0.2, 0.25) is 0 Å². The zero-order valence-corrected chi connectivity index (χ0v) is 14.4. The van der Waals surface area contributed by atoms with E-state index >= 15 is 0 Å². The van der Waals surface area contributed by atoms with Crippen molar-refractivity contribution < 1.29 is 14.3 Å². The van der Waals surface area contributed by atoms with Gasteiger partial charge in [0.05, 0.1) is 0 Å². The molecule has 1 saturated heterocycles. The minimum Gasteiger partial charge on any atom is -0.375 e. The summed E-state index contributed by atoms with van der Waals surface area (Å²) in [6, 6.07) is 0.176. The standard InChI is InChI=1S/C16H31N3O3/c1-13(2)6-5-7-14(3)17-16(21)19-10-8-18(9-11-19)15(20)12-22-4/h13-14H,5-12H2,1-4H3,(H,17,21). The molecule has 128 valence electrons. The van der Waals surface area contributed by atoms with Crippen LogP contribution >= 0.6 is 0 Å². The van der Waals surface area contributed by atoms with Crippen LogP contribution in [0.4, 0.5) is 4.79 Å². The molecular weight excluding hydrogens is 282 g/mol. The van der Waals surface area contributed by atoms with E-state index in [0.717, 1.165) is 12.8 Å². The highest BCUT2D eigenvalue weighted by Crippen LogP contribution is 2.09. The number of piperazine rings is 1. The summed E-state index contributed by atoms with van der Waals surface area (Å²) in [5.74, 6) is 0.699. The quantitative estimate of drug-likeness (QED) is 0.778. The van der Waals surface area contributed by atoms with Gasteiger partial charge in [0.25, 0.3) is 0 Å². The van der Waals surface area contributed by atoms with Crippen LogP contribution in [0.25, 0.3) is 0 Å². The van der Waals surface area contributed by atoms with Crippen molar-refractivity contribution in [2.24, 2.45) is 5.92 Å². The van der Waals surface area contributed by atoms with E-state index in [2.05, 4.69) is 26.1 Å². The third-order valence-corrected chi connectivity index (χ3v) is 3.98. The number of hydrogen-bond donors (Lipinski definition) is 1. The topological polar surface area (TPSA) is 61.9 Å². The minimum atomic E-state index is -0.0177. The number of ether oxygens (including phenoxy) is 1. The first-order valence-corrected chi connectivity index (χ1v) is 8.26. The molecule has 0 aromatic rings. The summed E-state index contributed by atoms with van der Waals surface area (Å²) in [6.07, 6.45) is 3.34. The van der Waals surface area contributed by atoms with Crippen LogP contribution in [0, 0.1) is 5.92 Å². The van der Waals surface area contributed by atoms with Crippen LogP contribution in [0.15, 0.2) is 0 Å². The predicted molar refractivity (Wildman–Crippen MR) is 86.7 cm³/mol. The van der Waals surface area contributed by atoms with Crippen molar-refractivity contribution in [3.05, 3.63) is 0 Å². The molecule has 1 unspecified atom stereocenters. The molecule has 3 amide bonds. The molecule has 1 heterocycles. The molecule has 0 aromatic heterocycles. The second-order valence-corrected chi connectivity index (χ2v) is 6.48. The first-order valence-electron chi connectivity index (χ1n) is 8.26. The lowest BCUT2D eigenvalue weighted by molar-refractivity contribution is -0.136. The van der Waals surface area contributed by atoms with Crippen molar-refractivity contribution in [3.8, 4) is 0 Å². The maximum Gasteiger partial charge on any atom is 0.317 e. The molecule has 0 spiro atoms. The molecule has 6 heteroatoms. The molecule has 6 nitrogen and oxygen atoms in total. The maximum atomic E-state index is 12.2. The number of urea groups is 1. The number of carbonyl (C=O) groups is 2. The highest BCUT2D eigenvalue weighted by Gasteiger charge is 2.24. The van der Waals surface area contributed by atoms with Crippen molar-refractivity contribution in [1.82, 2.24) is 15.1 Å². The van der Waals surface area contributed by atoms with Crippen LogP contribution in [0.3, 0.4) is 0 Å². The molecule has 1 N–H and O–H groups in total. The van der Waals surface area contributed by atoms with E-state index in [0.29, 0.717) is 32.1 Å². The van der Waals surface area contributed by atoms with Crippen molar-refractivity contribution >= 4 is 11.9 Å². The van der Waals surface area contributed by atoms with E-state index in [1.165, 1.54) is 13.5 Å². The summed E-state index contributed by atoms with van der Waals surface area (Å²) in [5, 5.41) is 3.05. The van der Waals surface area contributed by atoms with Gasteiger partial charge in [-0.05, 0) is 19.3 Å². The highest BCUT2D eigenvalue weighted by atomic mass is 16.5. The molecule has 0 saturated carbocycles. The lowest BCUT2D eigenvalue weighted by atomic mass is 10.0. The lowest BCUT2D eigenvalue weighted by Crippen LogP contribution is -2.54. The summed E-state index contributed by atoms with van der Waals surface area (Å²) in [7, 11) is 1.52. The number of rotatable bonds is 7. The number of nitrogens with one attached hydrogen (secondary N) is 1. The Morgan fingerprint density at radius 2 is 1.64 bits per heavy atom. The normalized spacial score (nSPS) is 16.8. The number of hydrogen-bond acceptors (Lipinski definition) is 3. The van der Waals surface area contributed by atoms with E-state index in [-0.39, 0.29) is 24.6 Å². The zero-order valence-electron chi connectivity index (χ0n) is 14.4. The first kappa shape index (κ1) is 18.7. The van der Waals surface area contributed by atoms with Gasteiger partial charge in [-0.25, -0.2) is 4.79 Å². The molecule has 1 fully saturated rings. The van der Waals surface area contributed by atoms with E-state index in [1.54, 1.807) is 9.80 Å². The van der Waals surface area contributed by atoms with Crippen LogP contribution in [-0.2, 0) is 9.53 Å². The van der Waals surface area contributed by atoms with E-state index in [4.69, 9.17) is 4.74 Å². The van der Waals surface area contributed by atoms with Crippen molar-refractivity contribution in [2.45, 2.75) is 46.1 Å². The van der Waals surface area contributed by atoms with Gasteiger partial charge < -0.3 is 19.9 Å². The molecule has 1 aliphatic heterocycles. The SMILES string of the molecule is COCC(=O)N1CCN(C(=O)NC(C)CCCC(C)C)CC1. The number of nitrogens with zero attached hydrogens (tertiary/aromatic N) is 2. The minimum absolute atomic E-state index is 0.00962. The van der Waals surface area contributed by atoms with Gasteiger partial charge in [0.15, 0.2) is 0 Å². The van der Waals surface area contributed by atoms with Gasteiger partial charge in [0, 0.05) is 39.3 Å². The molecule has 0 radical (unpaired) electrons. The van der Waals surface area contributed by atoms with Crippen molar-refractivity contribution in [2.75, 3.05) is 39.9 Å². The molecule has 1 rings (SSSR count). The van der Waals surface area contributed by atoms with Gasteiger partial charge in [0.2, 0.25) is 5.91 Å². The molecule has 0 aliphatic carbocycles. The van der Waals surface area contributed by atoms with Gasteiger partial charge in [-0.15, -0.1) is 0 Å². The van der Waals surface area contributed by atoms with Crippen molar-refractivity contribution in [1.29, 1.82) is 0 Å².